The van der Waals surface area contributed by atoms with Gasteiger partial charge in [0.25, 0.3) is 0 Å². The van der Waals surface area contributed by atoms with Crippen molar-refractivity contribution in [1.82, 2.24) is 0 Å². The SMILES string of the molecule is COC(=O)C1(C(=O)OC)Cc2cc3c(cc2C1)C(=O)c1ccccc1C3=O. The zero-order valence-electron chi connectivity index (χ0n) is 14.8. The molecule has 0 spiro atoms. The molecule has 0 N–H and O–H groups in total. The van der Waals surface area contributed by atoms with Crippen LogP contribution in [0, 0.1) is 5.41 Å². The number of esters is 2. The molecule has 6 heteroatoms. The molecule has 0 atom stereocenters. The number of ether oxygens (including phenoxy) is 2. The molecule has 0 bridgehead atoms. The lowest BCUT2D eigenvalue weighted by atomic mass is 9.82. The monoisotopic (exact) mass is 364 g/mol. The molecule has 0 heterocycles. The summed E-state index contributed by atoms with van der Waals surface area (Å²) in [6.45, 7) is 0. The lowest BCUT2D eigenvalue weighted by molar-refractivity contribution is -0.168. The summed E-state index contributed by atoms with van der Waals surface area (Å²) < 4.78 is 9.67. The largest absolute Gasteiger partial charge is 0.468 e. The summed E-state index contributed by atoms with van der Waals surface area (Å²) in [6.07, 6.45) is 0.135. The van der Waals surface area contributed by atoms with Gasteiger partial charge in [-0.25, -0.2) is 0 Å². The highest BCUT2D eigenvalue weighted by Crippen LogP contribution is 2.42. The second-order valence-electron chi connectivity index (χ2n) is 6.79. The zero-order valence-corrected chi connectivity index (χ0v) is 14.8. The number of methoxy groups -OCH3 is 2. The van der Waals surface area contributed by atoms with E-state index in [4.69, 9.17) is 9.47 Å². The summed E-state index contributed by atoms with van der Waals surface area (Å²) in [5.74, 6) is -1.86. The van der Waals surface area contributed by atoms with E-state index in [1.54, 1.807) is 36.4 Å². The molecule has 0 fully saturated rings. The maximum Gasteiger partial charge on any atom is 0.323 e. The number of carbonyl (C=O) groups is 4. The Kier molecular flexibility index (Phi) is 3.73. The maximum absolute atomic E-state index is 12.9. The lowest BCUT2D eigenvalue weighted by Gasteiger charge is -2.22. The molecular weight excluding hydrogens is 348 g/mol. The first-order chi connectivity index (χ1) is 12.9. The van der Waals surface area contributed by atoms with Crippen LogP contribution in [-0.2, 0) is 31.9 Å². The van der Waals surface area contributed by atoms with Gasteiger partial charge in [0, 0.05) is 22.3 Å². The Labute approximate surface area is 155 Å². The highest BCUT2D eigenvalue weighted by atomic mass is 16.5. The average molecular weight is 364 g/mol. The molecule has 0 aromatic heterocycles. The number of benzene rings is 2. The molecule has 0 amide bonds. The fourth-order valence-electron chi connectivity index (χ4n) is 4.04. The third-order valence-electron chi connectivity index (χ3n) is 5.38. The van der Waals surface area contributed by atoms with Gasteiger partial charge < -0.3 is 9.47 Å². The van der Waals surface area contributed by atoms with Gasteiger partial charge in [0.15, 0.2) is 17.0 Å². The van der Waals surface area contributed by atoms with Gasteiger partial charge in [-0.1, -0.05) is 24.3 Å². The molecule has 27 heavy (non-hydrogen) atoms. The predicted molar refractivity (Wildman–Crippen MR) is 93.6 cm³/mol. The van der Waals surface area contributed by atoms with Gasteiger partial charge in [-0.05, 0) is 36.1 Å². The summed E-state index contributed by atoms with van der Waals surface area (Å²) in [5, 5.41) is 0. The molecule has 0 aliphatic heterocycles. The number of fused-ring (bicyclic) bond motifs is 3. The molecule has 0 saturated heterocycles. The molecule has 2 aliphatic carbocycles. The Balaban J connectivity index is 1.85. The number of carbonyl (C=O) groups excluding carboxylic acids is 4. The van der Waals surface area contributed by atoms with Crippen molar-refractivity contribution in [2.75, 3.05) is 14.2 Å². The summed E-state index contributed by atoms with van der Waals surface area (Å²) in [5.41, 5.74) is 1.16. The number of ketones is 2. The Morgan fingerprint density at radius 3 is 1.56 bits per heavy atom. The first-order valence-corrected chi connectivity index (χ1v) is 8.44. The Bertz CT molecular complexity index is 951. The minimum Gasteiger partial charge on any atom is -0.468 e. The van der Waals surface area contributed by atoms with E-state index in [9.17, 15) is 19.2 Å². The van der Waals surface area contributed by atoms with Gasteiger partial charge in [0.2, 0.25) is 0 Å². The van der Waals surface area contributed by atoms with Gasteiger partial charge in [0.1, 0.15) is 0 Å². The van der Waals surface area contributed by atoms with Crippen LogP contribution in [-0.4, -0.2) is 37.7 Å². The smallest absolute Gasteiger partial charge is 0.323 e. The lowest BCUT2D eigenvalue weighted by Crippen LogP contribution is -2.42. The Morgan fingerprint density at radius 2 is 1.19 bits per heavy atom. The third kappa shape index (κ3) is 2.26. The van der Waals surface area contributed by atoms with Crippen LogP contribution in [0.5, 0.6) is 0 Å². The van der Waals surface area contributed by atoms with Crippen molar-refractivity contribution in [3.05, 3.63) is 69.8 Å². The molecule has 4 rings (SSSR count). The van der Waals surface area contributed by atoms with Crippen molar-refractivity contribution < 1.29 is 28.7 Å². The van der Waals surface area contributed by atoms with Gasteiger partial charge in [-0.15, -0.1) is 0 Å². The van der Waals surface area contributed by atoms with Gasteiger partial charge in [0.05, 0.1) is 14.2 Å². The van der Waals surface area contributed by atoms with Gasteiger partial charge in [-0.2, -0.15) is 0 Å². The highest BCUT2D eigenvalue weighted by molar-refractivity contribution is 6.28. The first kappa shape index (κ1) is 17.1. The molecule has 0 unspecified atom stereocenters. The van der Waals surface area contributed by atoms with Crippen molar-refractivity contribution >= 4 is 23.5 Å². The van der Waals surface area contributed by atoms with E-state index in [0.717, 1.165) is 0 Å². The number of hydrogen-bond acceptors (Lipinski definition) is 6. The second kappa shape index (κ2) is 5.87. The molecule has 0 radical (unpaired) electrons. The molecule has 136 valence electrons. The van der Waals surface area contributed by atoms with E-state index < -0.39 is 17.4 Å². The van der Waals surface area contributed by atoms with Crippen LogP contribution < -0.4 is 0 Å². The molecular formula is C21H16O6. The summed E-state index contributed by atoms with van der Waals surface area (Å²) in [6, 6.07) is 9.91. The fraction of sp³-hybridized carbons (Fsp3) is 0.238. The first-order valence-electron chi connectivity index (χ1n) is 8.44. The zero-order chi connectivity index (χ0) is 19.3. The Morgan fingerprint density at radius 1 is 0.778 bits per heavy atom. The fourth-order valence-corrected chi connectivity index (χ4v) is 4.04. The van der Waals surface area contributed by atoms with Crippen LogP contribution in [0.25, 0.3) is 0 Å². The van der Waals surface area contributed by atoms with E-state index >= 15 is 0 Å². The topological polar surface area (TPSA) is 86.7 Å². The standard InChI is InChI=1S/C21H16O6/c1-26-19(24)21(20(25)27-2)9-11-7-15-16(8-12(11)10-21)18(23)14-6-4-3-5-13(14)17(15)22/h3-8H,9-10H2,1-2H3. The molecule has 2 aromatic rings. The number of hydrogen-bond donors (Lipinski definition) is 0. The molecule has 2 aromatic carbocycles. The van der Waals surface area contributed by atoms with Crippen LogP contribution in [0.3, 0.4) is 0 Å². The summed E-state index contributed by atoms with van der Waals surface area (Å²) >= 11 is 0. The molecule has 6 nitrogen and oxygen atoms in total. The van der Waals surface area contributed by atoms with Crippen LogP contribution in [0.4, 0.5) is 0 Å². The quantitative estimate of drug-likeness (QED) is 0.510. The van der Waals surface area contributed by atoms with Crippen LogP contribution in [0.1, 0.15) is 43.0 Å². The van der Waals surface area contributed by atoms with Crippen LogP contribution >= 0.6 is 0 Å². The predicted octanol–water partition coefficient (Wildman–Crippen LogP) is 1.89. The average Bonchev–Trinajstić information content (AvgIpc) is 3.09. The normalized spacial score (nSPS) is 16.2. The van der Waals surface area contributed by atoms with E-state index in [0.29, 0.717) is 33.4 Å². The van der Waals surface area contributed by atoms with Crippen molar-refractivity contribution in [2.24, 2.45) is 5.41 Å². The van der Waals surface area contributed by atoms with E-state index in [1.165, 1.54) is 14.2 Å². The summed E-state index contributed by atoms with van der Waals surface area (Å²) in [7, 11) is 2.43. The minimum atomic E-state index is -1.49. The summed E-state index contributed by atoms with van der Waals surface area (Å²) in [4.78, 5) is 50.5. The van der Waals surface area contributed by atoms with Gasteiger partial charge in [-0.3, -0.25) is 19.2 Å². The van der Waals surface area contributed by atoms with Crippen LogP contribution in [0.15, 0.2) is 36.4 Å². The molecule has 2 aliphatic rings. The maximum atomic E-state index is 12.9. The van der Waals surface area contributed by atoms with E-state index in [1.807, 2.05) is 0 Å². The number of rotatable bonds is 2. The second-order valence-corrected chi connectivity index (χ2v) is 6.79. The van der Waals surface area contributed by atoms with Crippen molar-refractivity contribution in [3.63, 3.8) is 0 Å². The minimum absolute atomic E-state index is 0.0675. The van der Waals surface area contributed by atoms with E-state index in [-0.39, 0.29) is 24.4 Å². The highest BCUT2D eigenvalue weighted by Gasteiger charge is 2.53. The van der Waals surface area contributed by atoms with Crippen LogP contribution in [0.2, 0.25) is 0 Å². The van der Waals surface area contributed by atoms with Gasteiger partial charge >= 0.3 is 11.9 Å². The van der Waals surface area contributed by atoms with Crippen molar-refractivity contribution in [2.45, 2.75) is 12.8 Å². The Hall–Kier alpha value is -3.28. The van der Waals surface area contributed by atoms with E-state index in [2.05, 4.69) is 0 Å². The van der Waals surface area contributed by atoms with Crippen molar-refractivity contribution in [1.29, 1.82) is 0 Å². The molecule has 0 saturated carbocycles. The van der Waals surface area contributed by atoms with Crippen molar-refractivity contribution in [3.8, 4) is 0 Å². The third-order valence-corrected chi connectivity index (χ3v) is 5.38.